The Morgan fingerprint density at radius 3 is 2.89 bits per heavy atom. The quantitative estimate of drug-likeness (QED) is 0.818. The highest BCUT2D eigenvalue weighted by Crippen LogP contribution is 2.30. The topological polar surface area (TPSA) is 56.8 Å². The van der Waals surface area contributed by atoms with Crippen LogP contribution in [0.3, 0.4) is 0 Å². The van der Waals surface area contributed by atoms with Gasteiger partial charge >= 0.3 is 0 Å². The van der Waals surface area contributed by atoms with E-state index in [2.05, 4.69) is 5.32 Å². The number of ether oxygens (including phenoxy) is 3. The number of hydrogen-bond donors (Lipinski definition) is 1. The van der Waals surface area contributed by atoms with Crippen LogP contribution in [0.2, 0.25) is 0 Å². The van der Waals surface area contributed by atoms with Gasteiger partial charge in [0.05, 0.1) is 19.8 Å². The summed E-state index contributed by atoms with van der Waals surface area (Å²) in [6, 6.07) is 5.21. The minimum Gasteiger partial charge on any atom is -0.490 e. The molecule has 1 aliphatic rings. The third-order valence-electron chi connectivity index (χ3n) is 2.60. The van der Waals surface area contributed by atoms with E-state index in [4.69, 9.17) is 14.2 Å². The number of carbonyl (C=O) groups is 1. The summed E-state index contributed by atoms with van der Waals surface area (Å²) in [5.74, 6) is 1.19. The number of methoxy groups -OCH3 is 1. The van der Waals surface area contributed by atoms with Gasteiger partial charge in [0.1, 0.15) is 0 Å². The molecule has 0 bridgehead atoms. The molecule has 1 N–H and O–H groups in total. The van der Waals surface area contributed by atoms with Gasteiger partial charge in [-0.1, -0.05) is 0 Å². The third-order valence-corrected chi connectivity index (χ3v) is 2.60. The van der Waals surface area contributed by atoms with Gasteiger partial charge < -0.3 is 19.5 Å². The summed E-state index contributed by atoms with van der Waals surface area (Å²) in [5, 5.41) is 2.76. The Morgan fingerprint density at radius 2 is 2.11 bits per heavy atom. The molecule has 0 saturated heterocycles. The lowest BCUT2D eigenvalue weighted by atomic mass is 10.2. The van der Waals surface area contributed by atoms with Gasteiger partial charge in [0, 0.05) is 25.6 Å². The Labute approximate surface area is 106 Å². The van der Waals surface area contributed by atoms with Gasteiger partial charge in [-0.25, -0.2) is 0 Å². The molecule has 0 atom stereocenters. The van der Waals surface area contributed by atoms with Crippen LogP contribution in [0.25, 0.3) is 0 Å². The van der Waals surface area contributed by atoms with E-state index in [-0.39, 0.29) is 5.91 Å². The molecular formula is C13H17NO4. The summed E-state index contributed by atoms with van der Waals surface area (Å²) in [6.45, 7) is 2.24. The van der Waals surface area contributed by atoms with Crippen LogP contribution in [-0.4, -0.2) is 39.4 Å². The zero-order valence-electron chi connectivity index (χ0n) is 10.4. The van der Waals surface area contributed by atoms with E-state index in [0.717, 1.165) is 6.42 Å². The molecule has 1 aromatic rings. The van der Waals surface area contributed by atoms with Gasteiger partial charge in [0.2, 0.25) is 0 Å². The summed E-state index contributed by atoms with van der Waals surface area (Å²) in [5.41, 5.74) is 0.565. The Bertz CT molecular complexity index is 419. The van der Waals surface area contributed by atoms with Crippen molar-refractivity contribution in [3.8, 4) is 11.5 Å². The molecule has 1 amide bonds. The van der Waals surface area contributed by atoms with Crippen LogP contribution in [0.5, 0.6) is 11.5 Å². The first-order valence-corrected chi connectivity index (χ1v) is 5.98. The van der Waals surface area contributed by atoms with E-state index in [1.54, 1.807) is 25.3 Å². The van der Waals surface area contributed by atoms with E-state index >= 15 is 0 Å². The standard InChI is InChI=1S/C13H17NO4/c1-16-8-5-14-13(15)10-3-4-11-12(9-10)18-7-2-6-17-11/h3-4,9H,2,5-8H2,1H3,(H,14,15). The monoisotopic (exact) mass is 251 g/mol. The van der Waals surface area contributed by atoms with E-state index in [0.29, 0.717) is 43.4 Å². The summed E-state index contributed by atoms with van der Waals surface area (Å²) in [4.78, 5) is 11.8. The minimum atomic E-state index is -0.136. The normalized spacial score (nSPS) is 13.8. The first kappa shape index (κ1) is 12.7. The van der Waals surface area contributed by atoms with E-state index in [9.17, 15) is 4.79 Å². The number of carbonyl (C=O) groups excluding carboxylic acids is 1. The molecule has 0 radical (unpaired) electrons. The van der Waals surface area contributed by atoms with Gasteiger partial charge in [0.25, 0.3) is 5.91 Å². The molecule has 0 unspecified atom stereocenters. The fourth-order valence-corrected chi connectivity index (χ4v) is 1.67. The lowest BCUT2D eigenvalue weighted by Gasteiger charge is -2.09. The van der Waals surface area contributed by atoms with Crippen LogP contribution < -0.4 is 14.8 Å². The Kier molecular flexibility index (Phi) is 4.41. The average Bonchev–Trinajstić information content (AvgIpc) is 2.63. The molecule has 0 saturated carbocycles. The molecular weight excluding hydrogens is 234 g/mol. The Morgan fingerprint density at radius 1 is 1.33 bits per heavy atom. The van der Waals surface area contributed by atoms with E-state index < -0.39 is 0 Å². The molecule has 1 aliphatic heterocycles. The molecule has 0 spiro atoms. The van der Waals surface area contributed by atoms with Crippen LogP contribution in [-0.2, 0) is 4.74 Å². The molecule has 5 heteroatoms. The number of benzene rings is 1. The third kappa shape index (κ3) is 3.13. The predicted octanol–water partition coefficient (Wildman–Crippen LogP) is 1.22. The SMILES string of the molecule is COCCNC(=O)c1ccc2c(c1)OCCCO2. The molecule has 18 heavy (non-hydrogen) atoms. The number of nitrogens with one attached hydrogen (secondary N) is 1. The maximum Gasteiger partial charge on any atom is 0.251 e. The van der Waals surface area contributed by atoms with Gasteiger partial charge in [-0.15, -0.1) is 0 Å². The van der Waals surface area contributed by atoms with Crippen molar-refractivity contribution in [3.63, 3.8) is 0 Å². The smallest absolute Gasteiger partial charge is 0.251 e. The first-order chi connectivity index (χ1) is 8.81. The molecule has 1 aromatic carbocycles. The van der Waals surface area contributed by atoms with Gasteiger partial charge in [0.15, 0.2) is 11.5 Å². The van der Waals surface area contributed by atoms with Crippen LogP contribution in [0.15, 0.2) is 18.2 Å². The largest absolute Gasteiger partial charge is 0.490 e. The fraction of sp³-hybridized carbons (Fsp3) is 0.462. The van der Waals surface area contributed by atoms with Crippen molar-refractivity contribution >= 4 is 5.91 Å². The molecule has 0 fully saturated rings. The maximum atomic E-state index is 11.8. The lowest BCUT2D eigenvalue weighted by Crippen LogP contribution is -2.26. The van der Waals surface area contributed by atoms with Crippen LogP contribution in [0, 0.1) is 0 Å². The van der Waals surface area contributed by atoms with E-state index in [1.807, 2.05) is 0 Å². The van der Waals surface area contributed by atoms with Crippen molar-refractivity contribution in [2.24, 2.45) is 0 Å². The van der Waals surface area contributed by atoms with Crippen molar-refractivity contribution in [1.29, 1.82) is 0 Å². The molecule has 0 aliphatic carbocycles. The first-order valence-electron chi connectivity index (χ1n) is 5.98. The van der Waals surface area contributed by atoms with Crippen molar-refractivity contribution in [2.75, 3.05) is 33.5 Å². The van der Waals surface area contributed by atoms with Crippen molar-refractivity contribution in [1.82, 2.24) is 5.32 Å². The summed E-state index contributed by atoms with van der Waals surface area (Å²) >= 11 is 0. The second-order valence-corrected chi connectivity index (χ2v) is 3.96. The molecule has 2 rings (SSSR count). The summed E-state index contributed by atoms with van der Waals surface area (Å²) < 4.78 is 15.9. The number of amides is 1. The molecule has 5 nitrogen and oxygen atoms in total. The molecule has 0 aromatic heterocycles. The highest BCUT2D eigenvalue weighted by Gasteiger charge is 2.13. The second-order valence-electron chi connectivity index (χ2n) is 3.96. The number of rotatable bonds is 4. The van der Waals surface area contributed by atoms with Crippen LogP contribution >= 0.6 is 0 Å². The van der Waals surface area contributed by atoms with Crippen molar-refractivity contribution < 1.29 is 19.0 Å². The molecule has 98 valence electrons. The zero-order valence-corrected chi connectivity index (χ0v) is 10.4. The highest BCUT2D eigenvalue weighted by molar-refractivity contribution is 5.94. The fourth-order valence-electron chi connectivity index (χ4n) is 1.67. The molecule has 1 heterocycles. The van der Waals surface area contributed by atoms with Crippen LogP contribution in [0.1, 0.15) is 16.8 Å². The summed E-state index contributed by atoms with van der Waals surface area (Å²) in [6.07, 6.45) is 0.851. The second kappa shape index (κ2) is 6.26. The summed E-state index contributed by atoms with van der Waals surface area (Å²) in [7, 11) is 1.60. The van der Waals surface area contributed by atoms with Gasteiger partial charge in [-0.2, -0.15) is 0 Å². The zero-order chi connectivity index (χ0) is 12.8. The van der Waals surface area contributed by atoms with E-state index in [1.165, 1.54) is 0 Å². The predicted molar refractivity (Wildman–Crippen MR) is 66.3 cm³/mol. The van der Waals surface area contributed by atoms with Gasteiger partial charge in [-0.3, -0.25) is 4.79 Å². The lowest BCUT2D eigenvalue weighted by molar-refractivity contribution is 0.0936. The number of hydrogen-bond acceptors (Lipinski definition) is 4. The van der Waals surface area contributed by atoms with Gasteiger partial charge in [-0.05, 0) is 18.2 Å². The van der Waals surface area contributed by atoms with Crippen LogP contribution in [0.4, 0.5) is 0 Å². The Hall–Kier alpha value is -1.75. The van der Waals surface area contributed by atoms with Crippen molar-refractivity contribution in [2.45, 2.75) is 6.42 Å². The average molecular weight is 251 g/mol. The number of fused-ring (bicyclic) bond motifs is 1. The Balaban J connectivity index is 2.05. The maximum absolute atomic E-state index is 11.8. The minimum absolute atomic E-state index is 0.136. The van der Waals surface area contributed by atoms with Crippen molar-refractivity contribution in [3.05, 3.63) is 23.8 Å². The highest BCUT2D eigenvalue weighted by atomic mass is 16.5.